The van der Waals surface area contributed by atoms with Crippen LogP contribution in [-0.2, 0) is 12.0 Å². The first-order valence-corrected chi connectivity index (χ1v) is 8.41. The normalized spacial score (nSPS) is 11.3. The average Bonchev–Trinajstić information content (AvgIpc) is 3.08. The van der Waals surface area contributed by atoms with E-state index in [0.717, 1.165) is 16.8 Å². The number of hydrogen-bond donors (Lipinski definition) is 2. The predicted octanol–water partition coefficient (Wildman–Crippen LogP) is 4.30. The molecule has 0 saturated heterocycles. The van der Waals surface area contributed by atoms with Crippen LogP contribution in [0.15, 0.2) is 60.8 Å². The maximum Gasteiger partial charge on any atom is 0.251 e. The summed E-state index contributed by atoms with van der Waals surface area (Å²) in [6.45, 7) is 6.91. The Bertz CT molecular complexity index is 843. The number of benzene rings is 2. The van der Waals surface area contributed by atoms with E-state index >= 15 is 0 Å². The second-order valence-electron chi connectivity index (χ2n) is 7.15. The standard InChI is InChI=1S/C21H23N3O/c1-21(2,3)18-11-9-16(10-12-18)20(25)22-13-17-14-23-24-19(17)15-7-5-4-6-8-15/h4-12,14H,13H2,1-3H3,(H,22,25)(H,23,24). The van der Waals surface area contributed by atoms with Gasteiger partial charge in [0.1, 0.15) is 0 Å². The number of rotatable bonds is 4. The van der Waals surface area contributed by atoms with Crippen molar-refractivity contribution in [3.63, 3.8) is 0 Å². The third-order valence-electron chi connectivity index (χ3n) is 4.23. The molecule has 1 aromatic heterocycles. The van der Waals surface area contributed by atoms with Gasteiger partial charge in [-0.1, -0.05) is 63.2 Å². The molecule has 128 valence electrons. The summed E-state index contributed by atoms with van der Waals surface area (Å²) in [5, 5.41) is 10.1. The third-order valence-corrected chi connectivity index (χ3v) is 4.23. The second-order valence-corrected chi connectivity index (χ2v) is 7.15. The maximum absolute atomic E-state index is 12.4. The molecule has 1 heterocycles. The predicted molar refractivity (Wildman–Crippen MR) is 100 cm³/mol. The number of hydrogen-bond acceptors (Lipinski definition) is 2. The smallest absolute Gasteiger partial charge is 0.251 e. The van der Waals surface area contributed by atoms with Gasteiger partial charge < -0.3 is 5.32 Å². The Labute approximate surface area is 148 Å². The van der Waals surface area contributed by atoms with Crippen LogP contribution in [0.5, 0.6) is 0 Å². The van der Waals surface area contributed by atoms with Crippen LogP contribution in [0.25, 0.3) is 11.3 Å². The number of nitrogens with zero attached hydrogens (tertiary/aromatic N) is 1. The molecular weight excluding hydrogens is 310 g/mol. The molecule has 0 unspecified atom stereocenters. The molecule has 0 atom stereocenters. The first-order valence-electron chi connectivity index (χ1n) is 8.41. The van der Waals surface area contributed by atoms with Crippen molar-refractivity contribution in [2.45, 2.75) is 32.7 Å². The number of H-pyrrole nitrogens is 1. The van der Waals surface area contributed by atoms with E-state index in [1.165, 1.54) is 5.56 Å². The fourth-order valence-corrected chi connectivity index (χ4v) is 2.70. The van der Waals surface area contributed by atoms with Crippen LogP contribution in [-0.4, -0.2) is 16.1 Å². The van der Waals surface area contributed by atoms with Gasteiger partial charge >= 0.3 is 0 Å². The number of nitrogens with one attached hydrogen (secondary N) is 2. The zero-order chi connectivity index (χ0) is 17.9. The molecule has 3 rings (SSSR count). The van der Waals surface area contributed by atoms with Crippen molar-refractivity contribution in [2.24, 2.45) is 0 Å². The Morgan fingerprint density at radius 2 is 1.72 bits per heavy atom. The Balaban J connectivity index is 1.69. The van der Waals surface area contributed by atoms with Crippen molar-refractivity contribution in [3.8, 4) is 11.3 Å². The SMILES string of the molecule is CC(C)(C)c1ccc(C(=O)NCc2cn[nH]c2-c2ccccc2)cc1. The van der Waals surface area contributed by atoms with Crippen molar-refractivity contribution in [1.29, 1.82) is 0 Å². The Kier molecular flexibility index (Phi) is 4.70. The lowest BCUT2D eigenvalue weighted by Gasteiger charge is -2.19. The highest BCUT2D eigenvalue weighted by Crippen LogP contribution is 2.23. The lowest BCUT2D eigenvalue weighted by molar-refractivity contribution is 0.0951. The molecule has 25 heavy (non-hydrogen) atoms. The summed E-state index contributed by atoms with van der Waals surface area (Å²) in [5.74, 6) is -0.0827. The molecule has 0 bridgehead atoms. The minimum absolute atomic E-state index is 0.0797. The van der Waals surface area contributed by atoms with E-state index in [2.05, 4.69) is 36.3 Å². The Hall–Kier alpha value is -2.88. The van der Waals surface area contributed by atoms with Gasteiger partial charge in [0, 0.05) is 17.7 Å². The van der Waals surface area contributed by atoms with Crippen LogP contribution in [0.4, 0.5) is 0 Å². The summed E-state index contributed by atoms with van der Waals surface area (Å²) in [7, 11) is 0. The Morgan fingerprint density at radius 1 is 1.04 bits per heavy atom. The number of amides is 1. The summed E-state index contributed by atoms with van der Waals surface area (Å²) in [4.78, 5) is 12.4. The minimum Gasteiger partial charge on any atom is -0.348 e. The van der Waals surface area contributed by atoms with E-state index < -0.39 is 0 Å². The molecule has 2 aromatic carbocycles. The summed E-state index contributed by atoms with van der Waals surface area (Å²) >= 11 is 0. The van der Waals surface area contributed by atoms with Gasteiger partial charge in [-0.15, -0.1) is 0 Å². The average molecular weight is 333 g/mol. The molecule has 1 amide bonds. The van der Waals surface area contributed by atoms with Gasteiger partial charge in [0.05, 0.1) is 11.9 Å². The lowest BCUT2D eigenvalue weighted by atomic mass is 9.87. The lowest BCUT2D eigenvalue weighted by Crippen LogP contribution is -2.23. The van der Waals surface area contributed by atoms with Crippen LogP contribution < -0.4 is 5.32 Å². The van der Waals surface area contributed by atoms with Crippen molar-refractivity contribution in [1.82, 2.24) is 15.5 Å². The molecule has 0 fully saturated rings. The molecule has 0 aliphatic carbocycles. The van der Waals surface area contributed by atoms with Crippen LogP contribution in [0, 0.1) is 0 Å². The van der Waals surface area contributed by atoms with Gasteiger partial charge in [0.25, 0.3) is 5.91 Å². The van der Waals surface area contributed by atoms with Crippen LogP contribution >= 0.6 is 0 Å². The number of carbonyl (C=O) groups excluding carboxylic acids is 1. The molecule has 0 saturated carbocycles. The first kappa shape index (κ1) is 17.0. The zero-order valence-corrected chi connectivity index (χ0v) is 14.8. The van der Waals surface area contributed by atoms with E-state index in [9.17, 15) is 4.79 Å². The fraction of sp³-hybridized carbons (Fsp3) is 0.238. The van der Waals surface area contributed by atoms with Gasteiger partial charge in [0.15, 0.2) is 0 Å². The molecular formula is C21H23N3O. The molecule has 3 aromatic rings. The van der Waals surface area contributed by atoms with Crippen LogP contribution in [0.1, 0.15) is 42.3 Å². The quantitative estimate of drug-likeness (QED) is 0.748. The molecule has 0 radical (unpaired) electrons. The first-order chi connectivity index (χ1) is 11.9. The summed E-state index contributed by atoms with van der Waals surface area (Å²) in [6.07, 6.45) is 1.76. The maximum atomic E-state index is 12.4. The molecule has 4 nitrogen and oxygen atoms in total. The van der Waals surface area contributed by atoms with Gasteiger partial charge in [-0.05, 0) is 28.7 Å². The largest absolute Gasteiger partial charge is 0.348 e. The summed E-state index contributed by atoms with van der Waals surface area (Å²) < 4.78 is 0. The highest BCUT2D eigenvalue weighted by molar-refractivity contribution is 5.94. The topological polar surface area (TPSA) is 57.8 Å². The van der Waals surface area contributed by atoms with E-state index in [0.29, 0.717) is 12.1 Å². The summed E-state index contributed by atoms with van der Waals surface area (Å²) in [5.41, 5.74) is 4.91. The van der Waals surface area contributed by atoms with Crippen molar-refractivity contribution in [3.05, 3.63) is 77.5 Å². The molecule has 2 N–H and O–H groups in total. The minimum atomic E-state index is -0.0827. The summed E-state index contributed by atoms with van der Waals surface area (Å²) in [6, 6.07) is 17.8. The monoisotopic (exact) mass is 333 g/mol. The van der Waals surface area contributed by atoms with Crippen LogP contribution in [0.2, 0.25) is 0 Å². The van der Waals surface area contributed by atoms with E-state index in [-0.39, 0.29) is 11.3 Å². The van der Waals surface area contributed by atoms with Gasteiger partial charge in [-0.25, -0.2) is 0 Å². The third kappa shape index (κ3) is 3.97. The van der Waals surface area contributed by atoms with Gasteiger partial charge in [0.2, 0.25) is 0 Å². The highest BCUT2D eigenvalue weighted by atomic mass is 16.1. The molecule has 0 aliphatic rings. The molecule has 0 spiro atoms. The highest BCUT2D eigenvalue weighted by Gasteiger charge is 2.15. The van der Waals surface area contributed by atoms with E-state index in [1.807, 2.05) is 54.6 Å². The second kappa shape index (κ2) is 6.93. The van der Waals surface area contributed by atoms with E-state index in [4.69, 9.17) is 0 Å². The van der Waals surface area contributed by atoms with Crippen molar-refractivity contribution >= 4 is 5.91 Å². The molecule has 0 aliphatic heterocycles. The number of aromatic amines is 1. The van der Waals surface area contributed by atoms with Crippen molar-refractivity contribution in [2.75, 3.05) is 0 Å². The Morgan fingerprint density at radius 3 is 2.36 bits per heavy atom. The van der Waals surface area contributed by atoms with Crippen LogP contribution in [0.3, 0.4) is 0 Å². The molecule has 4 heteroatoms. The fourth-order valence-electron chi connectivity index (χ4n) is 2.70. The van der Waals surface area contributed by atoms with Crippen molar-refractivity contribution < 1.29 is 4.79 Å². The van der Waals surface area contributed by atoms with Gasteiger partial charge in [-0.3, -0.25) is 9.89 Å². The number of aromatic nitrogens is 2. The van der Waals surface area contributed by atoms with E-state index in [1.54, 1.807) is 6.20 Å². The van der Waals surface area contributed by atoms with Gasteiger partial charge in [-0.2, -0.15) is 5.10 Å². The zero-order valence-electron chi connectivity index (χ0n) is 14.8. The number of carbonyl (C=O) groups is 1.